The normalized spacial score (nSPS) is 12.6. The van der Waals surface area contributed by atoms with Crippen LogP contribution in [0.1, 0.15) is 25.8 Å². The maximum atomic E-state index is 13.3. The first kappa shape index (κ1) is 15.5. The van der Waals surface area contributed by atoms with Crippen molar-refractivity contribution in [3.63, 3.8) is 0 Å². The molecule has 0 radical (unpaired) electrons. The van der Waals surface area contributed by atoms with Crippen molar-refractivity contribution >= 4 is 5.91 Å². The molecule has 106 valence electrons. The molecule has 0 aliphatic heterocycles. The molecule has 0 fully saturated rings. The topological polar surface area (TPSA) is 55.1 Å². The third kappa shape index (κ3) is 4.24. The average molecular weight is 274 g/mol. The number of hydrogen-bond acceptors (Lipinski definition) is 2. The minimum absolute atomic E-state index is 0.121. The monoisotopic (exact) mass is 274 g/mol. The van der Waals surface area contributed by atoms with Crippen molar-refractivity contribution in [3.05, 3.63) is 35.1 Å². The van der Waals surface area contributed by atoms with Crippen LogP contribution in [0.5, 0.6) is 0 Å². The summed E-state index contributed by atoms with van der Waals surface area (Å²) in [4.78, 5) is 11.6. The second-order valence-corrected chi connectivity index (χ2v) is 4.79. The van der Waals surface area contributed by atoms with Gasteiger partial charge in [-0.15, -0.1) is 0 Å². The number of nitrogens with one attached hydrogen (secondary N) is 1. The van der Waals surface area contributed by atoms with Gasteiger partial charge in [0.25, 0.3) is 0 Å². The number of carbonyl (C=O) groups excluding carboxylic acids is 1. The van der Waals surface area contributed by atoms with Crippen LogP contribution in [0.4, 0.5) is 13.2 Å². The maximum Gasteiger partial charge on any atom is 0.237 e. The second kappa shape index (κ2) is 6.56. The number of amides is 1. The van der Waals surface area contributed by atoms with E-state index in [0.717, 1.165) is 12.1 Å². The van der Waals surface area contributed by atoms with Crippen molar-refractivity contribution in [2.24, 2.45) is 11.7 Å². The van der Waals surface area contributed by atoms with Gasteiger partial charge in [-0.1, -0.05) is 19.9 Å². The van der Waals surface area contributed by atoms with Crippen LogP contribution in [0.2, 0.25) is 0 Å². The van der Waals surface area contributed by atoms with Crippen molar-refractivity contribution in [2.75, 3.05) is 0 Å². The number of nitrogens with two attached hydrogens (primary N) is 1. The summed E-state index contributed by atoms with van der Waals surface area (Å²) < 4.78 is 39.0. The smallest absolute Gasteiger partial charge is 0.237 e. The van der Waals surface area contributed by atoms with E-state index >= 15 is 0 Å². The highest BCUT2D eigenvalue weighted by Crippen LogP contribution is 2.15. The number of halogens is 3. The van der Waals surface area contributed by atoms with Crippen molar-refractivity contribution in [1.29, 1.82) is 0 Å². The first-order valence-electron chi connectivity index (χ1n) is 5.98. The van der Waals surface area contributed by atoms with Crippen molar-refractivity contribution in [2.45, 2.75) is 32.9 Å². The van der Waals surface area contributed by atoms with Crippen LogP contribution >= 0.6 is 0 Å². The van der Waals surface area contributed by atoms with Gasteiger partial charge in [-0.2, -0.15) is 0 Å². The molecule has 6 heteroatoms. The number of hydrogen-bond donors (Lipinski definition) is 2. The minimum atomic E-state index is -1.54. The summed E-state index contributed by atoms with van der Waals surface area (Å²) >= 11 is 0. The highest BCUT2D eigenvalue weighted by atomic mass is 19.2. The zero-order chi connectivity index (χ0) is 14.6. The van der Waals surface area contributed by atoms with Crippen LogP contribution in [0.25, 0.3) is 0 Å². The summed E-state index contributed by atoms with van der Waals surface area (Å²) in [6.07, 6.45) is 0.492. The van der Waals surface area contributed by atoms with Gasteiger partial charge in [-0.25, -0.2) is 13.2 Å². The molecule has 3 nitrogen and oxygen atoms in total. The van der Waals surface area contributed by atoms with Gasteiger partial charge in [0.05, 0.1) is 6.04 Å². The molecule has 1 aromatic carbocycles. The first-order valence-corrected chi connectivity index (χ1v) is 5.98. The molecule has 1 rings (SSSR count). The molecule has 0 saturated heterocycles. The summed E-state index contributed by atoms with van der Waals surface area (Å²) in [5.74, 6) is -4.29. The van der Waals surface area contributed by atoms with Crippen molar-refractivity contribution in [1.82, 2.24) is 5.32 Å². The fraction of sp³-hybridized carbons (Fsp3) is 0.462. The molecule has 19 heavy (non-hydrogen) atoms. The van der Waals surface area contributed by atoms with E-state index in [-0.39, 0.29) is 18.0 Å². The molecule has 0 aliphatic rings. The summed E-state index contributed by atoms with van der Waals surface area (Å²) in [6.45, 7) is 3.61. The molecule has 1 aromatic rings. The van der Waals surface area contributed by atoms with Gasteiger partial charge < -0.3 is 11.1 Å². The largest absolute Gasteiger partial charge is 0.351 e. The third-order valence-corrected chi connectivity index (χ3v) is 2.63. The van der Waals surface area contributed by atoms with Crippen molar-refractivity contribution < 1.29 is 18.0 Å². The number of benzene rings is 1. The van der Waals surface area contributed by atoms with Crippen LogP contribution in [-0.4, -0.2) is 11.9 Å². The minimum Gasteiger partial charge on any atom is -0.351 e. The van der Waals surface area contributed by atoms with E-state index in [2.05, 4.69) is 5.32 Å². The van der Waals surface area contributed by atoms with Gasteiger partial charge >= 0.3 is 0 Å². The Hall–Kier alpha value is -1.56. The summed E-state index contributed by atoms with van der Waals surface area (Å²) in [5, 5.41) is 2.40. The zero-order valence-corrected chi connectivity index (χ0v) is 10.8. The van der Waals surface area contributed by atoms with Gasteiger partial charge in [0.1, 0.15) is 0 Å². The van der Waals surface area contributed by atoms with Gasteiger partial charge in [-0.3, -0.25) is 4.79 Å². The van der Waals surface area contributed by atoms with Gasteiger partial charge in [0.15, 0.2) is 17.5 Å². The lowest BCUT2D eigenvalue weighted by atomic mass is 10.0. The Morgan fingerprint density at radius 2 is 1.89 bits per heavy atom. The second-order valence-electron chi connectivity index (χ2n) is 4.79. The molecule has 0 heterocycles. The number of carbonyl (C=O) groups is 1. The molecular weight excluding hydrogens is 257 g/mol. The molecule has 0 aromatic heterocycles. The Balaban J connectivity index is 2.62. The predicted octanol–water partition coefficient (Wildman–Crippen LogP) is 2.09. The molecule has 1 amide bonds. The summed E-state index contributed by atoms with van der Waals surface area (Å²) in [6, 6.07) is 1.20. The fourth-order valence-corrected chi connectivity index (χ4v) is 1.63. The van der Waals surface area contributed by atoms with Crippen molar-refractivity contribution in [3.8, 4) is 0 Å². The third-order valence-electron chi connectivity index (χ3n) is 2.63. The molecule has 0 saturated carbocycles. The van der Waals surface area contributed by atoms with Crippen LogP contribution in [0, 0.1) is 23.4 Å². The molecule has 3 N–H and O–H groups in total. The predicted molar refractivity (Wildman–Crippen MR) is 65.6 cm³/mol. The first-order chi connectivity index (χ1) is 8.82. The van der Waals surface area contributed by atoms with Crippen LogP contribution in [0.3, 0.4) is 0 Å². The zero-order valence-electron chi connectivity index (χ0n) is 10.8. The lowest BCUT2D eigenvalue weighted by Gasteiger charge is -2.14. The molecular formula is C13H17F3N2O. The SMILES string of the molecule is CC(C)C[C@H](N)C(=O)NCc1ccc(F)c(F)c1F. The van der Waals surface area contributed by atoms with Crippen LogP contribution in [-0.2, 0) is 11.3 Å². The highest BCUT2D eigenvalue weighted by Gasteiger charge is 2.17. The standard InChI is InChI=1S/C13H17F3N2O/c1-7(2)5-10(17)13(19)18-6-8-3-4-9(14)12(16)11(8)15/h3-4,7,10H,5-6,17H2,1-2H3,(H,18,19)/t10-/m0/s1. The molecule has 1 atom stereocenters. The van der Waals surface area contributed by atoms with Gasteiger partial charge in [-0.05, 0) is 18.4 Å². The van der Waals surface area contributed by atoms with Crippen LogP contribution in [0.15, 0.2) is 12.1 Å². The van der Waals surface area contributed by atoms with Gasteiger partial charge in [0, 0.05) is 12.1 Å². The summed E-state index contributed by atoms with van der Waals surface area (Å²) in [5.41, 5.74) is 5.51. The van der Waals surface area contributed by atoms with E-state index in [9.17, 15) is 18.0 Å². The Morgan fingerprint density at radius 1 is 1.26 bits per heavy atom. The van der Waals surface area contributed by atoms with Gasteiger partial charge in [0.2, 0.25) is 5.91 Å². The average Bonchev–Trinajstić information content (AvgIpc) is 2.34. The molecule has 0 unspecified atom stereocenters. The lowest BCUT2D eigenvalue weighted by Crippen LogP contribution is -2.41. The Labute approximate surface area is 110 Å². The summed E-state index contributed by atoms with van der Waals surface area (Å²) in [7, 11) is 0. The van der Waals surface area contributed by atoms with E-state index in [0.29, 0.717) is 6.42 Å². The molecule has 0 aliphatic carbocycles. The van der Waals surface area contributed by atoms with Crippen LogP contribution < -0.4 is 11.1 Å². The van der Waals surface area contributed by atoms with E-state index in [1.165, 1.54) is 0 Å². The quantitative estimate of drug-likeness (QED) is 0.808. The lowest BCUT2D eigenvalue weighted by molar-refractivity contribution is -0.122. The van der Waals surface area contributed by atoms with E-state index in [1.54, 1.807) is 0 Å². The fourth-order valence-electron chi connectivity index (χ4n) is 1.63. The Bertz CT molecular complexity index is 463. The Kier molecular flexibility index (Phi) is 5.35. The van der Waals surface area contributed by atoms with E-state index in [1.807, 2.05) is 13.8 Å². The molecule has 0 spiro atoms. The maximum absolute atomic E-state index is 13.3. The van der Waals surface area contributed by atoms with E-state index in [4.69, 9.17) is 5.73 Å². The molecule has 0 bridgehead atoms. The Morgan fingerprint density at radius 3 is 2.47 bits per heavy atom. The highest BCUT2D eigenvalue weighted by molar-refractivity contribution is 5.81. The number of rotatable bonds is 5. The van der Waals surface area contributed by atoms with E-state index < -0.39 is 29.4 Å².